The molecule has 0 bridgehead atoms. The van der Waals surface area contributed by atoms with Crippen molar-refractivity contribution in [1.29, 1.82) is 0 Å². The van der Waals surface area contributed by atoms with Crippen LogP contribution in [0, 0.1) is 0 Å². The molecule has 0 aliphatic rings. The Morgan fingerprint density at radius 1 is 1.19 bits per heavy atom. The highest BCUT2D eigenvalue weighted by Gasteiger charge is 2.22. The summed E-state index contributed by atoms with van der Waals surface area (Å²) in [5.41, 5.74) is 3.16. The fourth-order valence-electron chi connectivity index (χ4n) is 3.29. The summed E-state index contributed by atoms with van der Waals surface area (Å²) in [6, 6.07) is 16.2. The van der Waals surface area contributed by atoms with Crippen LogP contribution in [0.1, 0.15) is 43.3 Å². The Bertz CT molecular complexity index is 1150. The number of fused-ring (bicyclic) bond motifs is 1. The summed E-state index contributed by atoms with van der Waals surface area (Å²) in [6.45, 7) is 4.20. The fourth-order valence-corrected chi connectivity index (χ4v) is 5.17. The molecule has 0 radical (unpaired) electrons. The molecule has 32 heavy (non-hydrogen) atoms. The summed E-state index contributed by atoms with van der Waals surface area (Å²) in [4.78, 5) is 19.3. The number of carbonyl (C=O) groups is 1. The van der Waals surface area contributed by atoms with E-state index in [0.717, 1.165) is 27.3 Å². The molecule has 0 N–H and O–H groups in total. The number of thiazole rings is 1. The van der Waals surface area contributed by atoms with Gasteiger partial charge in [0.25, 0.3) is 0 Å². The molecule has 0 saturated carbocycles. The van der Waals surface area contributed by atoms with Crippen LogP contribution in [0.15, 0.2) is 53.7 Å². The Balaban J connectivity index is 1.39. The predicted octanol–water partition coefficient (Wildman–Crippen LogP) is 4.93. The van der Waals surface area contributed by atoms with Crippen molar-refractivity contribution in [3.63, 3.8) is 0 Å². The molecular formula is C23H26N6OS2. The molecular weight excluding hydrogens is 440 g/mol. The first-order valence-corrected chi connectivity index (χ1v) is 12.5. The zero-order chi connectivity index (χ0) is 22.5. The van der Waals surface area contributed by atoms with Crippen molar-refractivity contribution < 1.29 is 4.79 Å². The first-order chi connectivity index (χ1) is 15.6. The smallest absolute Gasteiger partial charge is 0.233 e. The molecule has 2 heterocycles. The molecule has 166 valence electrons. The zero-order valence-corrected chi connectivity index (χ0v) is 20.1. The van der Waals surface area contributed by atoms with Gasteiger partial charge < -0.3 is 4.90 Å². The maximum atomic E-state index is 12.9. The van der Waals surface area contributed by atoms with Gasteiger partial charge in [-0.1, -0.05) is 49.4 Å². The third-order valence-electron chi connectivity index (χ3n) is 5.41. The van der Waals surface area contributed by atoms with Gasteiger partial charge >= 0.3 is 0 Å². The van der Waals surface area contributed by atoms with E-state index in [0.29, 0.717) is 5.16 Å². The highest BCUT2D eigenvalue weighted by molar-refractivity contribution is 7.99. The van der Waals surface area contributed by atoms with E-state index in [4.69, 9.17) is 0 Å². The van der Waals surface area contributed by atoms with E-state index in [9.17, 15) is 4.79 Å². The van der Waals surface area contributed by atoms with E-state index in [2.05, 4.69) is 45.6 Å². The van der Waals surface area contributed by atoms with Crippen molar-refractivity contribution >= 4 is 39.2 Å². The number of rotatable bonds is 9. The SMILES string of the molecule is CCCCc1ccc(-n2nnnc2SCC(=O)N(C)[C@H](C)c2nc3ccccc3s2)cc1. The highest BCUT2D eigenvalue weighted by Crippen LogP contribution is 2.29. The summed E-state index contributed by atoms with van der Waals surface area (Å²) in [7, 11) is 1.82. The summed E-state index contributed by atoms with van der Waals surface area (Å²) in [6.07, 6.45) is 3.42. The van der Waals surface area contributed by atoms with Crippen LogP contribution in [0.3, 0.4) is 0 Å². The molecule has 4 aromatic rings. The Kier molecular flexibility index (Phi) is 7.16. The standard InChI is InChI=1S/C23H26N6OS2/c1-4-5-8-17-11-13-18(14-12-17)29-23(25-26-27-29)31-15-21(30)28(3)16(2)22-24-19-9-6-7-10-20(19)32-22/h6-7,9-14,16H,4-5,8,15H2,1-3H3/t16-/m1/s1. The number of thioether (sulfide) groups is 1. The first kappa shape index (κ1) is 22.4. The number of benzene rings is 2. The van der Waals surface area contributed by atoms with Crippen LogP contribution in [0.2, 0.25) is 0 Å². The minimum absolute atomic E-state index is 0.00576. The third kappa shape index (κ3) is 4.99. The van der Waals surface area contributed by atoms with Crippen LogP contribution in [0.25, 0.3) is 15.9 Å². The van der Waals surface area contributed by atoms with Gasteiger partial charge in [-0.2, -0.15) is 4.68 Å². The molecule has 9 heteroatoms. The van der Waals surface area contributed by atoms with E-state index in [-0.39, 0.29) is 17.7 Å². The van der Waals surface area contributed by atoms with Crippen molar-refractivity contribution in [2.24, 2.45) is 0 Å². The van der Waals surface area contributed by atoms with Gasteiger partial charge in [0.15, 0.2) is 0 Å². The molecule has 1 amide bonds. The van der Waals surface area contributed by atoms with E-state index in [1.807, 2.05) is 44.3 Å². The Morgan fingerprint density at radius 2 is 1.97 bits per heavy atom. The molecule has 1 atom stereocenters. The van der Waals surface area contributed by atoms with E-state index < -0.39 is 0 Å². The molecule has 0 aliphatic carbocycles. The predicted molar refractivity (Wildman–Crippen MR) is 129 cm³/mol. The monoisotopic (exact) mass is 466 g/mol. The molecule has 4 rings (SSSR count). The number of aromatic nitrogens is 5. The summed E-state index contributed by atoms with van der Waals surface area (Å²) in [5.74, 6) is 0.256. The van der Waals surface area contributed by atoms with Gasteiger partial charge in [-0.3, -0.25) is 4.79 Å². The maximum Gasteiger partial charge on any atom is 0.233 e. The minimum atomic E-state index is -0.104. The van der Waals surface area contributed by atoms with Crippen molar-refractivity contribution in [2.45, 2.75) is 44.3 Å². The minimum Gasteiger partial charge on any atom is -0.336 e. The molecule has 2 aromatic carbocycles. The lowest BCUT2D eigenvalue weighted by Crippen LogP contribution is -2.31. The summed E-state index contributed by atoms with van der Waals surface area (Å²) < 4.78 is 2.81. The van der Waals surface area contributed by atoms with Gasteiger partial charge in [-0.25, -0.2) is 4.98 Å². The first-order valence-electron chi connectivity index (χ1n) is 10.7. The summed E-state index contributed by atoms with van der Waals surface area (Å²) >= 11 is 2.96. The third-order valence-corrected chi connectivity index (χ3v) is 7.52. The number of hydrogen-bond donors (Lipinski definition) is 0. The highest BCUT2D eigenvalue weighted by atomic mass is 32.2. The quantitative estimate of drug-likeness (QED) is 0.326. The molecule has 0 unspecified atom stereocenters. The molecule has 2 aromatic heterocycles. The van der Waals surface area contributed by atoms with Crippen LogP contribution in [-0.4, -0.2) is 48.8 Å². The number of unbranched alkanes of at least 4 members (excludes halogenated alkanes) is 1. The van der Waals surface area contributed by atoms with Gasteiger partial charge in [0.2, 0.25) is 11.1 Å². The second-order valence-corrected chi connectivity index (χ2v) is 9.64. The second-order valence-electron chi connectivity index (χ2n) is 7.63. The average Bonchev–Trinajstić information content (AvgIpc) is 3.47. The number of para-hydroxylation sites is 1. The van der Waals surface area contributed by atoms with E-state index in [1.54, 1.807) is 20.9 Å². The lowest BCUT2D eigenvalue weighted by atomic mass is 10.1. The number of nitrogens with zero attached hydrogens (tertiary/aromatic N) is 6. The number of aryl methyl sites for hydroxylation is 1. The van der Waals surface area contributed by atoms with Gasteiger partial charge in [-0.05, 0) is 60.0 Å². The topological polar surface area (TPSA) is 76.8 Å². The van der Waals surface area contributed by atoms with E-state index in [1.165, 1.54) is 30.2 Å². The Labute approximate surface area is 195 Å². The van der Waals surface area contributed by atoms with Gasteiger partial charge in [0, 0.05) is 7.05 Å². The molecule has 0 aliphatic heterocycles. The van der Waals surface area contributed by atoms with Crippen molar-refractivity contribution in [2.75, 3.05) is 12.8 Å². The average molecular weight is 467 g/mol. The molecule has 0 saturated heterocycles. The van der Waals surface area contributed by atoms with Crippen LogP contribution in [0.5, 0.6) is 0 Å². The lowest BCUT2D eigenvalue weighted by molar-refractivity contribution is -0.128. The van der Waals surface area contributed by atoms with Gasteiger partial charge in [0.1, 0.15) is 5.01 Å². The van der Waals surface area contributed by atoms with Gasteiger partial charge in [-0.15, -0.1) is 16.4 Å². The maximum absolute atomic E-state index is 12.9. The Morgan fingerprint density at radius 3 is 2.72 bits per heavy atom. The van der Waals surface area contributed by atoms with Crippen molar-refractivity contribution in [3.8, 4) is 5.69 Å². The van der Waals surface area contributed by atoms with Gasteiger partial charge in [0.05, 0.1) is 27.7 Å². The normalized spacial score (nSPS) is 12.2. The summed E-state index contributed by atoms with van der Waals surface area (Å²) in [5, 5.41) is 13.6. The van der Waals surface area contributed by atoms with Crippen LogP contribution in [-0.2, 0) is 11.2 Å². The van der Waals surface area contributed by atoms with Crippen LogP contribution < -0.4 is 0 Å². The number of carbonyl (C=O) groups excluding carboxylic acids is 1. The fraction of sp³-hybridized carbons (Fsp3) is 0.348. The molecule has 0 fully saturated rings. The number of amides is 1. The van der Waals surface area contributed by atoms with Crippen LogP contribution in [0.4, 0.5) is 0 Å². The number of tetrazole rings is 1. The molecule has 7 nitrogen and oxygen atoms in total. The van der Waals surface area contributed by atoms with E-state index >= 15 is 0 Å². The Hall–Kier alpha value is -2.78. The second kappa shape index (κ2) is 10.2. The van der Waals surface area contributed by atoms with Crippen molar-refractivity contribution in [1.82, 2.24) is 30.1 Å². The molecule has 0 spiro atoms. The van der Waals surface area contributed by atoms with Crippen molar-refractivity contribution in [3.05, 3.63) is 59.1 Å². The largest absolute Gasteiger partial charge is 0.336 e. The zero-order valence-electron chi connectivity index (χ0n) is 18.4. The lowest BCUT2D eigenvalue weighted by Gasteiger charge is -2.23. The van der Waals surface area contributed by atoms with Crippen LogP contribution >= 0.6 is 23.1 Å². The number of hydrogen-bond acceptors (Lipinski definition) is 7.